The van der Waals surface area contributed by atoms with Gasteiger partial charge in [-0.3, -0.25) is 4.79 Å². The van der Waals surface area contributed by atoms with Crippen molar-refractivity contribution in [3.63, 3.8) is 0 Å². The predicted molar refractivity (Wildman–Crippen MR) is 115 cm³/mol. The van der Waals surface area contributed by atoms with Crippen molar-refractivity contribution in [3.8, 4) is 11.5 Å². The summed E-state index contributed by atoms with van der Waals surface area (Å²) in [6.07, 6.45) is 4.64. The summed E-state index contributed by atoms with van der Waals surface area (Å²) in [5.74, 6) is 2.35. The zero-order chi connectivity index (χ0) is 20.8. The normalized spacial score (nSPS) is 13.0. The lowest BCUT2D eigenvalue weighted by Gasteiger charge is -2.30. The summed E-state index contributed by atoms with van der Waals surface area (Å²) in [4.78, 5) is 21.9. The molecule has 0 saturated heterocycles. The van der Waals surface area contributed by atoms with Gasteiger partial charge in [0.1, 0.15) is 5.82 Å². The van der Waals surface area contributed by atoms with Gasteiger partial charge in [-0.1, -0.05) is 13.8 Å². The highest BCUT2D eigenvalue weighted by Crippen LogP contribution is 2.33. The molecule has 6 heteroatoms. The van der Waals surface area contributed by atoms with Crippen LogP contribution in [0.2, 0.25) is 0 Å². The number of hydrogen-bond donors (Lipinski definition) is 0. The van der Waals surface area contributed by atoms with Gasteiger partial charge in [0.2, 0.25) is 0 Å². The Labute approximate surface area is 173 Å². The maximum absolute atomic E-state index is 13.2. The molecule has 0 bridgehead atoms. The first-order valence-corrected chi connectivity index (χ1v) is 10.3. The van der Waals surface area contributed by atoms with Crippen LogP contribution in [0.25, 0.3) is 0 Å². The van der Waals surface area contributed by atoms with Gasteiger partial charge in [0.05, 0.1) is 14.2 Å². The molecule has 1 aromatic heterocycles. The molecule has 0 atom stereocenters. The van der Waals surface area contributed by atoms with Crippen molar-refractivity contribution in [2.75, 3.05) is 38.8 Å². The standard InChI is InChI=1S/C23H31N3O3/c1-5-10-25(11-6-2)22-15-18(7-9-24-22)23(27)26-12-8-17-13-20(28-3)21(29-4)14-19(17)16-26/h7,9,13-15H,5-6,8,10-12,16H2,1-4H3. The third-order valence-electron chi connectivity index (χ3n) is 5.31. The summed E-state index contributed by atoms with van der Waals surface area (Å²) in [7, 11) is 3.27. The number of carbonyl (C=O) groups excluding carboxylic acids is 1. The number of anilines is 1. The molecule has 0 unspecified atom stereocenters. The van der Waals surface area contributed by atoms with Crippen molar-refractivity contribution in [1.29, 1.82) is 0 Å². The maximum Gasteiger partial charge on any atom is 0.254 e. The molecule has 0 fully saturated rings. The number of methoxy groups -OCH3 is 2. The number of rotatable bonds is 8. The summed E-state index contributed by atoms with van der Waals surface area (Å²) < 4.78 is 10.8. The number of hydrogen-bond acceptors (Lipinski definition) is 5. The average Bonchev–Trinajstić information content (AvgIpc) is 2.77. The van der Waals surface area contributed by atoms with Crippen molar-refractivity contribution in [3.05, 3.63) is 47.2 Å². The summed E-state index contributed by atoms with van der Waals surface area (Å²) in [5, 5.41) is 0. The van der Waals surface area contributed by atoms with Crippen LogP contribution in [0.1, 0.15) is 48.2 Å². The SMILES string of the molecule is CCCN(CCC)c1cc(C(=O)N2CCc3cc(OC)c(OC)cc3C2)ccn1. The first-order chi connectivity index (χ1) is 14.1. The summed E-state index contributed by atoms with van der Waals surface area (Å²) in [5.41, 5.74) is 3.01. The Morgan fingerprint density at radius 1 is 1.07 bits per heavy atom. The number of ether oxygens (including phenoxy) is 2. The number of pyridine rings is 1. The van der Waals surface area contributed by atoms with E-state index in [2.05, 4.69) is 23.7 Å². The molecule has 0 saturated carbocycles. The third kappa shape index (κ3) is 4.63. The van der Waals surface area contributed by atoms with Crippen LogP contribution in [0.4, 0.5) is 5.82 Å². The average molecular weight is 398 g/mol. The lowest BCUT2D eigenvalue weighted by atomic mass is 9.98. The molecule has 1 amide bonds. The monoisotopic (exact) mass is 397 g/mol. The van der Waals surface area contributed by atoms with Gasteiger partial charge in [-0.05, 0) is 54.7 Å². The minimum absolute atomic E-state index is 0.0435. The topological polar surface area (TPSA) is 54.9 Å². The minimum atomic E-state index is 0.0435. The molecule has 0 N–H and O–H groups in total. The highest BCUT2D eigenvalue weighted by Gasteiger charge is 2.24. The Kier molecular flexibility index (Phi) is 6.96. The second kappa shape index (κ2) is 9.63. The van der Waals surface area contributed by atoms with Gasteiger partial charge in [0.25, 0.3) is 5.91 Å². The van der Waals surface area contributed by atoms with Crippen molar-refractivity contribution in [2.24, 2.45) is 0 Å². The van der Waals surface area contributed by atoms with E-state index in [1.54, 1.807) is 20.4 Å². The molecule has 3 rings (SSSR count). The van der Waals surface area contributed by atoms with Gasteiger partial charge in [-0.15, -0.1) is 0 Å². The molecule has 156 valence electrons. The quantitative estimate of drug-likeness (QED) is 0.676. The molecule has 6 nitrogen and oxygen atoms in total. The Morgan fingerprint density at radius 2 is 1.72 bits per heavy atom. The Hall–Kier alpha value is -2.76. The van der Waals surface area contributed by atoms with Crippen LogP contribution >= 0.6 is 0 Å². The van der Waals surface area contributed by atoms with E-state index in [1.807, 2.05) is 29.2 Å². The summed E-state index contributed by atoms with van der Waals surface area (Å²) in [6, 6.07) is 7.74. The highest BCUT2D eigenvalue weighted by molar-refractivity contribution is 5.95. The van der Waals surface area contributed by atoms with Crippen LogP contribution in [0.15, 0.2) is 30.5 Å². The van der Waals surface area contributed by atoms with Crippen LogP contribution in [-0.2, 0) is 13.0 Å². The molecular formula is C23H31N3O3. The van der Waals surface area contributed by atoms with E-state index in [4.69, 9.17) is 9.47 Å². The van der Waals surface area contributed by atoms with E-state index in [0.29, 0.717) is 24.4 Å². The molecular weight excluding hydrogens is 366 g/mol. The van der Waals surface area contributed by atoms with Crippen molar-refractivity contribution in [2.45, 2.75) is 39.7 Å². The number of aromatic nitrogens is 1. The fourth-order valence-electron chi connectivity index (χ4n) is 3.84. The fourth-order valence-corrected chi connectivity index (χ4v) is 3.84. The Bertz CT molecular complexity index is 847. The van der Waals surface area contributed by atoms with Crippen LogP contribution in [-0.4, -0.2) is 49.6 Å². The number of fused-ring (bicyclic) bond motifs is 1. The minimum Gasteiger partial charge on any atom is -0.493 e. The van der Waals surface area contributed by atoms with Gasteiger partial charge in [-0.25, -0.2) is 4.98 Å². The molecule has 1 aromatic carbocycles. The van der Waals surface area contributed by atoms with Gasteiger partial charge < -0.3 is 19.3 Å². The van der Waals surface area contributed by atoms with Gasteiger partial charge >= 0.3 is 0 Å². The Morgan fingerprint density at radius 3 is 2.34 bits per heavy atom. The first kappa shape index (κ1) is 21.0. The molecule has 29 heavy (non-hydrogen) atoms. The van der Waals surface area contributed by atoms with E-state index in [-0.39, 0.29) is 5.91 Å². The summed E-state index contributed by atoms with van der Waals surface area (Å²) in [6.45, 7) is 7.46. The largest absolute Gasteiger partial charge is 0.493 e. The molecule has 1 aliphatic rings. The molecule has 0 spiro atoms. The van der Waals surface area contributed by atoms with Crippen molar-refractivity contribution >= 4 is 11.7 Å². The van der Waals surface area contributed by atoms with Crippen LogP contribution in [0.5, 0.6) is 11.5 Å². The van der Waals surface area contributed by atoms with E-state index >= 15 is 0 Å². The molecule has 0 radical (unpaired) electrons. The van der Waals surface area contributed by atoms with Crippen molar-refractivity contribution in [1.82, 2.24) is 9.88 Å². The second-order valence-corrected chi connectivity index (χ2v) is 7.34. The van der Waals surface area contributed by atoms with Gasteiger partial charge in [0.15, 0.2) is 11.5 Å². The number of benzene rings is 1. The zero-order valence-electron chi connectivity index (χ0n) is 17.9. The zero-order valence-corrected chi connectivity index (χ0v) is 17.9. The number of amides is 1. The fraction of sp³-hybridized carbons (Fsp3) is 0.478. The van der Waals surface area contributed by atoms with Crippen LogP contribution in [0.3, 0.4) is 0 Å². The lowest BCUT2D eigenvalue weighted by molar-refractivity contribution is 0.0734. The number of nitrogens with zero attached hydrogens (tertiary/aromatic N) is 3. The van der Waals surface area contributed by atoms with Gasteiger partial charge in [0, 0.05) is 37.9 Å². The van der Waals surface area contributed by atoms with Crippen molar-refractivity contribution < 1.29 is 14.3 Å². The first-order valence-electron chi connectivity index (χ1n) is 10.3. The third-order valence-corrected chi connectivity index (χ3v) is 5.31. The second-order valence-electron chi connectivity index (χ2n) is 7.34. The van der Waals surface area contributed by atoms with Gasteiger partial charge in [-0.2, -0.15) is 0 Å². The van der Waals surface area contributed by atoms with E-state index < -0.39 is 0 Å². The molecule has 2 aromatic rings. The predicted octanol–water partition coefficient (Wildman–Crippen LogP) is 3.92. The van der Waals surface area contributed by atoms with E-state index in [9.17, 15) is 4.79 Å². The maximum atomic E-state index is 13.2. The van der Waals surface area contributed by atoms with Crippen LogP contribution < -0.4 is 14.4 Å². The lowest BCUT2D eigenvalue weighted by Crippen LogP contribution is -2.36. The highest BCUT2D eigenvalue weighted by atomic mass is 16.5. The molecule has 2 heterocycles. The summed E-state index contributed by atoms with van der Waals surface area (Å²) >= 11 is 0. The Balaban J connectivity index is 1.80. The van der Waals surface area contributed by atoms with E-state index in [0.717, 1.165) is 49.5 Å². The number of carbonyl (C=O) groups is 1. The smallest absolute Gasteiger partial charge is 0.254 e. The molecule has 0 aliphatic carbocycles. The van der Waals surface area contributed by atoms with Crippen LogP contribution in [0, 0.1) is 0 Å². The molecule has 1 aliphatic heterocycles. The van der Waals surface area contributed by atoms with E-state index in [1.165, 1.54) is 5.56 Å².